The molecule has 406 valence electrons. The van der Waals surface area contributed by atoms with E-state index in [1.807, 2.05) is 0 Å². The highest BCUT2D eigenvalue weighted by molar-refractivity contribution is 5.71. The molecule has 6 nitrogen and oxygen atoms in total. The Bertz CT molecular complexity index is 1410. The average Bonchev–Trinajstić information content (AvgIpc) is 3.37. The van der Waals surface area contributed by atoms with Gasteiger partial charge in [0, 0.05) is 19.3 Å². The van der Waals surface area contributed by atoms with Crippen LogP contribution in [-0.4, -0.2) is 37.2 Å². The van der Waals surface area contributed by atoms with E-state index in [0.717, 1.165) is 135 Å². The molecule has 0 radical (unpaired) electrons. The highest BCUT2D eigenvalue weighted by Gasteiger charge is 2.19. The van der Waals surface area contributed by atoms with Gasteiger partial charge >= 0.3 is 17.9 Å². The van der Waals surface area contributed by atoms with Crippen molar-refractivity contribution in [1.29, 1.82) is 0 Å². The van der Waals surface area contributed by atoms with E-state index in [1.54, 1.807) is 0 Å². The number of hydrogen-bond acceptors (Lipinski definition) is 6. The lowest BCUT2D eigenvalue weighted by molar-refractivity contribution is -0.167. The van der Waals surface area contributed by atoms with Gasteiger partial charge in [0.2, 0.25) is 0 Å². The van der Waals surface area contributed by atoms with Gasteiger partial charge in [-0.05, 0) is 96.3 Å². The monoisotopic (exact) mass is 987 g/mol. The predicted molar refractivity (Wildman–Crippen MR) is 307 cm³/mol. The zero-order valence-corrected chi connectivity index (χ0v) is 46.5. The number of esters is 3. The van der Waals surface area contributed by atoms with Crippen LogP contribution in [0.4, 0.5) is 0 Å². The number of ether oxygens (including phenoxy) is 3. The first-order valence-electron chi connectivity index (χ1n) is 29.7. The van der Waals surface area contributed by atoms with Gasteiger partial charge in [-0.15, -0.1) is 0 Å². The van der Waals surface area contributed by atoms with Crippen LogP contribution in [0.25, 0.3) is 0 Å². The third-order valence-electron chi connectivity index (χ3n) is 12.6. The summed E-state index contributed by atoms with van der Waals surface area (Å²) in [4.78, 5) is 38.2. The van der Waals surface area contributed by atoms with Gasteiger partial charge < -0.3 is 14.2 Å². The Morgan fingerprint density at radius 2 is 0.549 bits per heavy atom. The average molecular weight is 988 g/mol. The minimum absolute atomic E-state index is 0.0863. The molecule has 1 atom stereocenters. The number of hydrogen-bond donors (Lipinski definition) is 0. The summed E-state index contributed by atoms with van der Waals surface area (Å²) >= 11 is 0. The first-order chi connectivity index (χ1) is 35.0. The van der Waals surface area contributed by atoms with E-state index >= 15 is 0 Å². The summed E-state index contributed by atoms with van der Waals surface area (Å²) in [6.45, 7) is 6.41. The summed E-state index contributed by atoms with van der Waals surface area (Å²) in [5.74, 6) is -0.908. The van der Waals surface area contributed by atoms with Crippen LogP contribution in [0.15, 0.2) is 97.2 Å². The van der Waals surface area contributed by atoms with Gasteiger partial charge in [0.25, 0.3) is 0 Å². The second-order valence-electron chi connectivity index (χ2n) is 19.5. The van der Waals surface area contributed by atoms with E-state index in [4.69, 9.17) is 14.2 Å². The quantitative estimate of drug-likeness (QED) is 0.0261. The standard InChI is InChI=1S/C65H110O6/c1-4-7-10-13-16-19-22-25-28-30-31-32-33-35-37-40-43-46-49-52-55-58-64(67)70-61-62(60-69-63(66)57-54-51-48-45-42-39-36-27-24-21-18-15-12-9-6-3)71-65(68)59-56-53-50-47-44-41-38-34-29-26-23-20-17-14-11-8-5-2/h7-8,10-11,16-17,19-20,25-26,28-29,31-32,35,37,62H,4-6,9,12-15,18,21-24,27,30,33-34,36,38-61H2,1-3H3/b10-7-,11-8-,19-16-,20-17-,28-25-,29-26-,32-31-,37-35-. The van der Waals surface area contributed by atoms with E-state index < -0.39 is 6.10 Å². The number of unbranched alkanes of at least 4 members (excludes halogenated alkanes) is 26. The summed E-state index contributed by atoms with van der Waals surface area (Å²) < 4.78 is 16.9. The molecule has 0 aromatic heterocycles. The highest BCUT2D eigenvalue weighted by atomic mass is 16.6. The van der Waals surface area contributed by atoms with Gasteiger partial charge in [-0.25, -0.2) is 0 Å². The van der Waals surface area contributed by atoms with Gasteiger partial charge in [-0.1, -0.05) is 259 Å². The maximum absolute atomic E-state index is 12.9. The van der Waals surface area contributed by atoms with Crippen molar-refractivity contribution in [3.05, 3.63) is 97.2 Å². The van der Waals surface area contributed by atoms with Crippen molar-refractivity contribution in [1.82, 2.24) is 0 Å². The Kier molecular flexibility index (Phi) is 55.9. The molecule has 0 spiro atoms. The van der Waals surface area contributed by atoms with Crippen molar-refractivity contribution in [2.24, 2.45) is 0 Å². The van der Waals surface area contributed by atoms with Crippen LogP contribution in [0, 0.1) is 0 Å². The largest absolute Gasteiger partial charge is 0.462 e. The van der Waals surface area contributed by atoms with Crippen LogP contribution in [0.1, 0.15) is 278 Å². The van der Waals surface area contributed by atoms with Crippen molar-refractivity contribution in [2.45, 2.75) is 284 Å². The van der Waals surface area contributed by atoms with Crippen molar-refractivity contribution >= 4 is 17.9 Å². The SMILES string of the molecule is CC/C=C\C/C=C\C/C=C\C/C=C\C/C=C\CCCCCCCC(=O)OCC(COC(=O)CCCCCCCCCCCCCCCCC)OC(=O)CCCCCCCCC/C=C\C/C=C\C/C=C\CC. The maximum Gasteiger partial charge on any atom is 0.306 e. The summed E-state index contributed by atoms with van der Waals surface area (Å²) in [5.41, 5.74) is 0. The molecule has 0 heterocycles. The lowest BCUT2D eigenvalue weighted by Crippen LogP contribution is -2.30. The fourth-order valence-corrected chi connectivity index (χ4v) is 8.19. The van der Waals surface area contributed by atoms with Crippen molar-refractivity contribution < 1.29 is 28.6 Å². The number of carbonyl (C=O) groups excluding carboxylic acids is 3. The highest BCUT2D eigenvalue weighted by Crippen LogP contribution is 2.16. The van der Waals surface area contributed by atoms with Crippen molar-refractivity contribution in [3.8, 4) is 0 Å². The van der Waals surface area contributed by atoms with Crippen LogP contribution < -0.4 is 0 Å². The van der Waals surface area contributed by atoms with Crippen molar-refractivity contribution in [2.75, 3.05) is 13.2 Å². The summed E-state index contributed by atoms with van der Waals surface area (Å²) in [5, 5.41) is 0. The molecular weight excluding hydrogens is 877 g/mol. The summed E-state index contributed by atoms with van der Waals surface area (Å²) in [6.07, 6.45) is 78.2. The predicted octanol–water partition coefficient (Wildman–Crippen LogP) is 20.1. The molecule has 0 saturated heterocycles. The maximum atomic E-state index is 12.9. The Morgan fingerprint density at radius 3 is 0.859 bits per heavy atom. The summed E-state index contributed by atoms with van der Waals surface area (Å²) in [6, 6.07) is 0. The Morgan fingerprint density at radius 1 is 0.296 bits per heavy atom. The van der Waals surface area contributed by atoms with Crippen LogP contribution in [0.3, 0.4) is 0 Å². The number of carbonyl (C=O) groups is 3. The van der Waals surface area contributed by atoms with Gasteiger partial charge in [-0.2, -0.15) is 0 Å². The van der Waals surface area contributed by atoms with Crippen LogP contribution in [0.2, 0.25) is 0 Å². The molecule has 0 saturated carbocycles. The van der Waals surface area contributed by atoms with Crippen LogP contribution in [-0.2, 0) is 28.6 Å². The molecule has 0 rings (SSSR count). The van der Waals surface area contributed by atoms with Gasteiger partial charge in [0.15, 0.2) is 6.10 Å². The molecular formula is C65H110O6. The Labute approximate surface area is 438 Å². The van der Waals surface area contributed by atoms with Gasteiger partial charge in [0.05, 0.1) is 0 Å². The lowest BCUT2D eigenvalue weighted by Gasteiger charge is -2.18. The van der Waals surface area contributed by atoms with E-state index in [2.05, 4.69) is 118 Å². The first-order valence-corrected chi connectivity index (χ1v) is 29.7. The second-order valence-corrected chi connectivity index (χ2v) is 19.5. The first kappa shape index (κ1) is 67.3. The molecule has 6 heteroatoms. The fraction of sp³-hybridized carbons (Fsp3) is 0.708. The molecule has 0 aromatic carbocycles. The molecule has 0 aliphatic carbocycles. The minimum atomic E-state index is -0.791. The van der Waals surface area contributed by atoms with E-state index in [0.29, 0.717) is 19.3 Å². The smallest absolute Gasteiger partial charge is 0.306 e. The Balaban J connectivity index is 4.43. The van der Waals surface area contributed by atoms with Crippen LogP contribution >= 0.6 is 0 Å². The fourth-order valence-electron chi connectivity index (χ4n) is 8.19. The zero-order valence-electron chi connectivity index (χ0n) is 46.5. The Hall–Kier alpha value is -3.67. The van der Waals surface area contributed by atoms with E-state index in [-0.39, 0.29) is 31.1 Å². The molecule has 0 amide bonds. The number of rotatable bonds is 53. The molecule has 0 bridgehead atoms. The molecule has 1 unspecified atom stereocenters. The van der Waals surface area contributed by atoms with E-state index in [1.165, 1.54) is 103 Å². The molecule has 71 heavy (non-hydrogen) atoms. The molecule has 0 aliphatic heterocycles. The zero-order chi connectivity index (χ0) is 51.4. The lowest BCUT2D eigenvalue weighted by atomic mass is 10.0. The molecule has 0 N–H and O–H groups in total. The normalized spacial score (nSPS) is 12.8. The minimum Gasteiger partial charge on any atom is -0.462 e. The third-order valence-corrected chi connectivity index (χ3v) is 12.6. The molecule has 0 aliphatic rings. The number of allylic oxidation sites excluding steroid dienone is 16. The van der Waals surface area contributed by atoms with Gasteiger partial charge in [0.1, 0.15) is 13.2 Å². The van der Waals surface area contributed by atoms with Gasteiger partial charge in [-0.3, -0.25) is 14.4 Å². The molecule has 0 fully saturated rings. The van der Waals surface area contributed by atoms with Crippen molar-refractivity contribution in [3.63, 3.8) is 0 Å². The summed E-state index contributed by atoms with van der Waals surface area (Å²) in [7, 11) is 0. The second kappa shape index (κ2) is 58.9. The van der Waals surface area contributed by atoms with E-state index in [9.17, 15) is 14.4 Å². The topological polar surface area (TPSA) is 78.9 Å². The third kappa shape index (κ3) is 57.1. The molecule has 0 aromatic rings. The van der Waals surface area contributed by atoms with Crippen LogP contribution in [0.5, 0.6) is 0 Å².